The Labute approximate surface area is 100 Å². The van der Waals surface area contributed by atoms with E-state index in [-0.39, 0.29) is 0 Å². The van der Waals surface area contributed by atoms with E-state index in [9.17, 15) is 0 Å². The largest absolute Gasteiger partial charge is 0.376 e. The molecule has 2 aliphatic rings. The van der Waals surface area contributed by atoms with Crippen LogP contribution in [-0.2, 0) is 4.74 Å². The molecular weight excluding hydrogens is 198 g/mol. The van der Waals surface area contributed by atoms with Crippen molar-refractivity contribution < 1.29 is 4.74 Å². The third-order valence-corrected chi connectivity index (χ3v) is 3.97. The summed E-state index contributed by atoms with van der Waals surface area (Å²) in [5.41, 5.74) is 0. The third-order valence-electron chi connectivity index (χ3n) is 3.97. The molecule has 0 aromatic carbocycles. The van der Waals surface area contributed by atoms with Crippen LogP contribution in [0.5, 0.6) is 0 Å². The number of hydrogen-bond donors (Lipinski definition) is 1. The molecule has 2 saturated carbocycles. The Morgan fingerprint density at radius 2 is 1.56 bits per heavy atom. The molecule has 16 heavy (non-hydrogen) atoms. The lowest BCUT2D eigenvalue weighted by Gasteiger charge is -2.32. The van der Waals surface area contributed by atoms with E-state index < -0.39 is 0 Å². The van der Waals surface area contributed by atoms with Crippen molar-refractivity contribution in [2.75, 3.05) is 0 Å². The van der Waals surface area contributed by atoms with Gasteiger partial charge in [0.2, 0.25) is 0 Å². The first-order valence-electron chi connectivity index (χ1n) is 7.06. The van der Waals surface area contributed by atoms with Crippen LogP contribution in [-0.4, -0.2) is 24.3 Å². The minimum absolute atomic E-state index is 0.389. The van der Waals surface area contributed by atoms with E-state index in [1.165, 1.54) is 38.5 Å². The summed E-state index contributed by atoms with van der Waals surface area (Å²) in [5, 5.41) is 3.80. The smallest absolute Gasteiger partial charge is 0.0579 e. The maximum atomic E-state index is 5.88. The fourth-order valence-corrected chi connectivity index (χ4v) is 2.85. The number of hydrogen-bond acceptors (Lipinski definition) is 2. The van der Waals surface area contributed by atoms with Gasteiger partial charge in [0, 0.05) is 12.1 Å². The van der Waals surface area contributed by atoms with Crippen LogP contribution in [0.3, 0.4) is 0 Å². The maximum absolute atomic E-state index is 5.88. The Bertz CT molecular complexity index is 205. The first kappa shape index (κ1) is 12.4. The van der Waals surface area contributed by atoms with Gasteiger partial charge in [0.25, 0.3) is 0 Å². The van der Waals surface area contributed by atoms with Gasteiger partial charge >= 0.3 is 0 Å². The molecule has 2 nitrogen and oxygen atoms in total. The van der Waals surface area contributed by atoms with Crippen molar-refractivity contribution >= 4 is 0 Å². The molecule has 2 rings (SSSR count). The highest BCUT2D eigenvalue weighted by Crippen LogP contribution is 2.33. The molecule has 0 aliphatic heterocycles. The Hall–Kier alpha value is -0.0800. The summed E-state index contributed by atoms with van der Waals surface area (Å²) in [7, 11) is 0. The zero-order valence-corrected chi connectivity index (χ0v) is 11.0. The van der Waals surface area contributed by atoms with Gasteiger partial charge in [-0.3, -0.25) is 0 Å². The minimum atomic E-state index is 0.389. The summed E-state index contributed by atoms with van der Waals surface area (Å²) < 4.78 is 5.88. The molecule has 0 amide bonds. The molecule has 0 heterocycles. The van der Waals surface area contributed by atoms with Crippen molar-refractivity contribution in [2.45, 2.75) is 83.6 Å². The van der Waals surface area contributed by atoms with Gasteiger partial charge in [-0.1, -0.05) is 0 Å². The van der Waals surface area contributed by atoms with E-state index in [0.29, 0.717) is 12.2 Å². The quantitative estimate of drug-likeness (QED) is 0.776. The second-order valence-electron chi connectivity index (χ2n) is 5.95. The summed E-state index contributed by atoms with van der Waals surface area (Å²) in [6.07, 6.45) is 8.89. The van der Waals surface area contributed by atoms with E-state index in [1.807, 2.05) is 0 Å². The zero-order chi connectivity index (χ0) is 11.5. The van der Waals surface area contributed by atoms with Crippen LogP contribution in [0.1, 0.15) is 59.3 Å². The fourth-order valence-electron chi connectivity index (χ4n) is 2.85. The van der Waals surface area contributed by atoms with Crippen LogP contribution in [0.15, 0.2) is 0 Å². The molecule has 0 spiro atoms. The van der Waals surface area contributed by atoms with E-state index in [1.54, 1.807) is 0 Å². The summed E-state index contributed by atoms with van der Waals surface area (Å²) in [6, 6.07) is 1.50. The van der Waals surface area contributed by atoms with Crippen molar-refractivity contribution in [3.63, 3.8) is 0 Å². The third kappa shape index (κ3) is 3.74. The second kappa shape index (κ2) is 5.50. The summed E-state index contributed by atoms with van der Waals surface area (Å²) in [4.78, 5) is 0. The van der Waals surface area contributed by atoms with Gasteiger partial charge < -0.3 is 10.1 Å². The van der Waals surface area contributed by atoms with Gasteiger partial charge in [-0.2, -0.15) is 0 Å². The van der Waals surface area contributed by atoms with Crippen molar-refractivity contribution in [1.82, 2.24) is 5.32 Å². The highest BCUT2D eigenvalue weighted by Gasteiger charge is 2.30. The maximum Gasteiger partial charge on any atom is 0.0579 e. The lowest BCUT2D eigenvalue weighted by molar-refractivity contribution is -0.0167. The normalized spacial score (nSPS) is 33.0. The summed E-state index contributed by atoms with van der Waals surface area (Å²) >= 11 is 0. The van der Waals surface area contributed by atoms with Crippen molar-refractivity contribution in [1.29, 1.82) is 0 Å². The van der Waals surface area contributed by atoms with E-state index in [4.69, 9.17) is 4.74 Å². The molecule has 0 bridgehead atoms. The Morgan fingerprint density at radius 3 is 2.06 bits per heavy atom. The minimum Gasteiger partial charge on any atom is -0.376 e. The average molecular weight is 225 g/mol. The average Bonchev–Trinajstić information content (AvgIpc) is 3.03. The lowest BCUT2D eigenvalue weighted by Crippen LogP contribution is -2.41. The molecule has 0 aromatic rings. The van der Waals surface area contributed by atoms with Gasteiger partial charge in [-0.25, -0.2) is 0 Å². The van der Waals surface area contributed by atoms with Gasteiger partial charge in [0.15, 0.2) is 0 Å². The molecule has 1 atom stereocenters. The molecular formula is C14H27NO. The van der Waals surface area contributed by atoms with Crippen LogP contribution >= 0.6 is 0 Å². The van der Waals surface area contributed by atoms with Crippen LogP contribution in [0.25, 0.3) is 0 Å². The van der Waals surface area contributed by atoms with Gasteiger partial charge in [-0.05, 0) is 65.2 Å². The molecule has 1 N–H and O–H groups in total. The van der Waals surface area contributed by atoms with Crippen LogP contribution in [0.2, 0.25) is 0 Å². The topological polar surface area (TPSA) is 21.3 Å². The molecule has 0 radical (unpaired) electrons. The second-order valence-corrected chi connectivity index (χ2v) is 5.95. The highest BCUT2D eigenvalue weighted by molar-refractivity contribution is 4.87. The van der Waals surface area contributed by atoms with Crippen molar-refractivity contribution in [3.8, 4) is 0 Å². The molecule has 0 saturated heterocycles. The predicted molar refractivity (Wildman–Crippen MR) is 67.6 cm³/mol. The Morgan fingerprint density at radius 1 is 0.938 bits per heavy atom. The first-order chi connectivity index (χ1) is 7.65. The number of rotatable bonds is 5. The van der Waals surface area contributed by atoms with E-state index in [2.05, 4.69) is 26.1 Å². The monoisotopic (exact) mass is 225 g/mol. The van der Waals surface area contributed by atoms with Crippen LogP contribution in [0, 0.1) is 5.92 Å². The van der Waals surface area contributed by atoms with Crippen LogP contribution < -0.4 is 5.32 Å². The standard InChI is InChI=1S/C14H27NO/c1-10(2)16-14-8-6-13(7-9-14)15-11(3)12-4-5-12/h10-15H,4-9H2,1-3H3. The number of ether oxygens (including phenoxy) is 1. The molecule has 2 fully saturated rings. The summed E-state index contributed by atoms with van der Waals surface area (Å²) in [6.45, 7) is 6.63. The van der Waals surface area contributed by atoms with Gasteiger partial charge in [0.05, 0.1) is 12.2 Å². The van der Waals surface area contributed by atoms with Gasteiger partial charge in [-0.15, -0.1) is 0 Å². The van der Waals surface area contributed by atoms with Crippen molar-refractivity contribution in [3.05, 3.63) is 0 Å². The van der Waals surface area contributed by atoms with Gasteiger partial charge in [0.1, 0.15) is 0 Å². The summed E-state index contributed by atoms with van der Waals surface area (Å²) in [5.74, 6) is 0.977. The zero-order valence-electron chi connectivity index (χ0n) is 11.0. The highest BCUT2D eigenvalue weighted by atomic mass is 16.5. The molecule has 1 unspecified atom stereocenters. The first-order valence-corrected chi connectivity index (χ1v) is 7.06. The fraction of sp³-hybridized carbons (Fsp3) is 1.00. The SMILES string of the molecule is CC(C)OC1CCC(NC(C)C2CC2)CC1. The Balaban J connectivity index is 1.64. The van der Waals surface area contributed by atoms with E-state index in [0.717, 1.165) is 18.0 Å². The molecule has 94 valence electrons. The van der Waals surface area contributed by atoms with Crippen LogP contribution in [0.4, 0.5) is 0 Å². The lowest BCUT2D eigenvalue weighted by atomic mass is 9.92. The molecule has 2 heteroatoms. The molecule has 2 aliphatic carbocycles. The van der Waals surface area contributed by atoms with Crippen molar-refractivity contribution in [2.24, 2.45) is 5.92 Å². The Kier molecular flexibility index (Phi) is 4.26. The molecule has 0 aromatic heterocycles. The number of nitrogens with one attached hydrogen (secondary N) is 1. The predicted octanol–water partition coefficient (Wildman–Crippen LogP) is 3.11. The van der Waals surface area contributed by atoms with E-state index >= 15 is 0 Å².